The third-order valence-corrected chi connectivity index (χ3v) is 7.84. The zero-order valence-corrected chi connectivity index (χ0v) is 21.2. The minimum Gasteiger partial charge on any atom is -0.454 e. The second-order valence-electron chi connectivity index (χ2n) is 10.1. The highest BCUT2D eigenvalue weighted by Crippen LogP contribution is 2.45. The highest BCUT2D eigenvalue weighted by Gasteiger charge is 2.31. The van der Waals surface area contributed by atoms with Crippen LogP contribution in [0.25, 0.3) is 22.0 Å². The van der Waals surface area contributed by atoms with Crippen molar-refractivity contribution in [2.75, 3.05) is 44.8 Å². The van der Waals surface area contributed by atoms with Gasteiger partial charge in [0.25, 0.3) is 0 Å². The smallest absolute Gasteiger partial charge is 0.239 e. The summed E-state index contributed by atoms with van der Waals surface area (Å²) < 4.78 is 12.9. The number of nitrogens with zero attached hydrogens (tertiary/aromatic N) is 3. The fourth-order valence-electron chi connectivity index (χ4n) is 5.91. The number of carbonyl (C=O) groups is 2. The lowest BCUT2D eigenvalue weighted by atomic mass is 9.85. The van der Waals surface area contributed by atoms with Crippen molar-refractivity contribution in [3.8, 4) is 22.6 Å². The number of fused-ring (bicyclic) bond motifs is 3. The van der Waals surface area contributed by atoms with Gasteiger partial charge < -0.3 is 19.4 Å². The molecule has 8 nitrogen and oxygen atoms in total. The van der Waals surface area contributed by atoms with Crippen molar-refractivity contribution in [1.82, 2.24) is 14.4 Å². The molecular formula is C30H28N4O4. The Morgan fingerprint density at radius 1 is 0.868 bits per heavy atom. The van der Waals surface area contributed by atoms with Crippen LogP contribution < -0.4 is 14.8 Å². The maximum atomic E-state index is 13.3. The van der Waals surface area contributed by atoms with E-state index >= 15 is 0 Å². The van der Waals surface area contributed by atoms with Gasteiger partial charge in [-0.15, -0.1) is 0 Å². The second-order valence-corrected chi connectivity index (χ2v) is 10.1. The Morgan fingerprint density at radius 2 is 1.61 bits per heavy atom. The molecule has 0 spiro atoms. The van der Waals surface area contributed by atoms with Crippen LogP contribution in [-0.2, 0) is 18.4 Å². The Morgan fingerprint density at radius 3 is 2.45 bits per heavy atom. The number of piperazine rings is 1. The molecule has 1 N–H and O–H groups in total. The fourth-order valence-corrected chi connectivity index (χ4v) is 5.91. The highest BCUT2D eigenvalue weighted by molar-refractivity contribution is 6.28. The van der Waals surface area contributed by atoms with Gasteiger partial charge in [-0.25, -0.2) is 0 Å². The van der Waals surface area contributed by atoms with Crippen LogP contribution in [0.4, 0.5) is 5.82 Å². The van der Waals surface area contributed by atoms with Gasteiger partial charge in [0.2, 0.25) is 12.7 Å². The van der Waals surface area contributed by atoms with Gasteiger partial charge >= 0.3 is 0 Å². The quantitative estimate of drug-likeness (QED) is 0.389. The Balaban J connectivity index is 1.05. The van der Waals surface area contributed by atoms with Gasteiger partial charge in [0.15, 0.2) is 17.3 Å². The number of benzene rings is 3. The molecule has 8 heteroatoms. The molecule has 1 saturated heterocycles. The normalized spacial score (nSPS) is 16.6. The summed E-state index contributed by atoms with van der Waals surface area (Å²) in [4.78, 5) is 31.0. The lowest BCUT2D eigenvalue weighted by Crippen LogP contribution is -2.48. The molecule has 3 aromatic carbocycles. The number of hydrogen-bond acceptors (Lipinski definition) is 6. The van der Waals surface area contributed by atoms with Crippen molar-refractivity contribution in [3.05, 3.63) is 77.4 Å². The number of hydrogen-bond donors (Lipinski definition) is 1. The number of aromatic nitrogens is 1. The molecule has 2 aliphatic heterocycles. The molecular weight excluding hydrogens is 480 g/mol. The number of rotatable bonds is 5. The van der Waals surface area contributed by atoms with Crippen LogP contribution in [0.5, 0.6) is 11.5 Å². The van der Waals surface area contributed by atoms with Crippen LogP contribution in [0.15, 0.2) is 60.7 Å². The van der Waals surface area contributed by atoms with Crippen molar-refractivity contribution in [2.45, 2.75) is 6.54 Å². The Bertz CT molecular complexity index is 1600. The predicted molar refractivity (Wildman–Crippen MR) is 145 cm³/mol. The van der Waals surface area contributed by atoms with Crippen molar-refractivity contribution >= 4 is 28.4 Å². The van der Waals surface area contributed by atoms with Gasteiger partial charge in [-0.05, 0) is 29.3 Å². The minimum absolute atomic E-state index is 0.0285. The number of ether oxygens (including phenoxy) is 2. The molecule has 1 aliphatic carbocycles. The van der Waals surface area contributed by atoms with Gasteiger partial charge in [0.05, 0.1) is 12.1 Å². The van der Waals surface area contributed by atoms with E-state index in [1.807, 2.05) is 60.1 Å². The fraction of sp³-hybridized carbons (Fsp3) is 0.267. The first-order valence-electron chi connectivity index (χ1n) is 13.0. The zero-order valence-electron chi connectivity index (χ0n) is 21.2. The molecule has 0 atom stereocenters. The molecule has 4 aromatic rings. The van der Waals surface area contributed by atoms with Crippen molar-refractivity contribution in [3.63, 3.8) is 0 Å². The van der Waals surface area contributed by atoms with Gasteiger partial charge in [0.1, 0.15) is 5.82 Å². The van der Waals surface area contributed by atoms with Crippen LogP contribution in [-0.4, -0.2) is 65.6 Å². The predicted octanol–water partition coefficient (Wildman–Crippen LogP) is 3.87. The number of carbonyl (C=O) groups excluding carboxylic acids is 2. The molecule has 0 bridgehead atoms. The molecule has 7 rings (SSSR count). The van der Waals surface area contributed by atoms with Crippen LogP contribution >= 0.6 is 0 Å². The van der Waals surface area contributed by atoms with E-state index in [1.54, 1.807) is 0 Å². The third-order valence-electron chi connectivity index (χ3n) is 7.84. The number of ketones is 1. The van der Waals surface area contributed by atoms with Crippen LogP contribution in [0.2, 0.25) is 0 Å². The standard InChI is InChI=1S/C30H28N4O4/c1-32-23-8-4-7-22-27(23)28(20-5-2-3-6-21(20)29(22)36)30(32)31-26(35)17-34-13-11-33(12-14-34)16-19-9-10-24-25(15-19)38-18-37-24/h2-10,15H,11-14,16-18H2,1H3,(H,31,35). The Labute approximate surface area is 220 Å². The summed E-state index contributed by atoms with van der Waals surface area (Å²) in [5.74, 6) is 2.33. The number of aryl methyl sites for hydroxylation is 1. The molecule has 0 saturated carbocycles. The van der Waals surface area contributed by atoms with Crippen LogP contribution in [0, 0.1) is 0 Å². The maximum absolute atomic E-state index is 13.3. The number of nitrogens with one attached hydrogen (secondary N) is 1. The lowest BCUT2D eigenvalue weighted by Gasteiger charge is -2.34. The van der Waals surface area contributed by atoms with E-state index in [0.29, 0.717) is 17.7 Å². The second kappa shape index (κ2) is 9.01. The monoisotopic (exact) mass is 508 g/mol. The van der Waals surface area contributed by atoms with E-state index in [0.717, 1.165) is 72.1 Å². The van der Waals surface area contributed by atoms with Crippen molar-refractivity contribution < 1.29 is 19.1 Å². The first-order chi connectivity index (χ1) is 18.6. The number of anilines is 1. The van der Waals surface area contributed by atoms with Crippen LogP contribution in [0.3, 0.4) is 0 Å². The van der Waals surface area contributed by atoms with Crippen LogP contribution in [0.1, 0.15) is 21.5 Å². The summed E-state index contributed by atoms with van der Waals surface area (Å²) in [5.41, 5.74) is 5.29. The topological polar surface area (TPSA) is 76.0 Å². The third kappa shape index (κ3) is 3.76. The van der Waals surface area contributed by atoms with E-state index < -0.39 is 0 Å². The summed E-state index contributed by atoms with van der Waals surface area (Å²) in [5, 5.41) is 4.10. The molecule has 3 heterocycles. The molecule has 1 aromatic heterocycles. The van der Waals surface area contributed by atoms with Gasteiger partial charge in [0, 0.05) is 61.8 Å². The van der Waals surface area contributed by atoms with Crippen molar-refractivity contribution in [1.29, 1.82) is 0 Å². The minimum atomic E-state index is -0.0488. The summed E-state index contributed by atoms with van der Waals surface area (Å²) >= 11 is 0. The first-order valence-corrected chi connectivity index (χ1v) is 13.0. The molecule has 1 fully saturated rings. The average Bonchev–Trinajstić information content (AvgIpc) is 3.51. The zero-order chi connectivity index (χ0) is 25.8. The Kier molecular flexibility index (Phi) is 5.45. The number of amides is 1. The van der Waals surface area contributed by atoms with E-state index in [9.17, 15) is 9.59 Å². The molecule has 0 radical (unpaired) electrons. The van der Waals surface area contributed by atoms with E-state index in [1.165, 1.54) is 5.56 Å². The summed E-state index contributed by atoms with van der Waals surface area (Å²) in [6, 6.07) is 19.5. The Hall–Kier alpha value is -4.14. The van der Waals surface area contributed by atoms with Gasteiger partial charge in [-0.3, -0.25) is 19.4 Å². The lowest BCUT2D eigenvalue weighted by molar-refractivity contribution is -0.117. The molecule has 38 heavy (non-hydrogen) atoms. The largest absolute Gasteiger partial charge is 0.454 e. The summed E-state index contributed by atoms with van der Waals surface area (Å²) in [6.07, 6.45) is 0. The molecule has 1 amide bonds. The summed E-state index contributed by atoms with van der Waals surface area (Å²) in [7, 11) is 1.94. The molecule has 192 valence electrons. The molecule has 0 unspecified atom stereocenters. The van der Waals surface area contributed by atoms with Crippen molar-refractivity contribution in [2.24, 2.45) is 7.05 Å². The maximum Gasteiger partial charge on any atom is 0.239 e. The first kappa shape index (κ1) is 23.0. The van der Waals surface area contributed by atoms with Gasteiger partial charge in [-0.1, -0.05) is 42.5 Å². The molecule has 3 aliphatic rings. The SMILES string of the molecule is Cn1c(NC(=O)CN2CCN(Cc3ccc4c(c3)OCO4)CC2)c2c3c(cccc31)C(=O)c1ccccc1-2. The van der Waals surface area contributed by atoms with E-state index in [4.69, 9.17) is 9.47 Å². The van der Waals surface area contributed by atoms with E-state index in [2.05, 4.69) is 27.2 Å². The average molecular weight is 509 g/mol. The van der Waals surface area contributed by atoms with Gasteiger partial charge in [-0.2, -0.15) is 0 Å². The van der Waals surface area contributed by atoms with E-state index in [-0.39, 0.29) is 18.5 Å². The highest BCUT2D eigenvalue weighted by atomic mass is 16.7. The summed E-state index contributed by atoms with van der Waals surface area (Å²) in [6.45, 7) is 4.87.